The molecule has 12 heavy (non-hydrogen) atoms. The van der Waals surface area contributed by atoms with E-state index in [9.17, 15) is 22.0 Å². The zero-order valence-corrected chi connectivity index (χ0v) is 6.09. The van der Waals surface area contributed by atoms with Gasteiger partial charge in [0.2, 0.25) is 0 Å². The van der Waals surface area contributed by atoms with Gasteiger partial charge in [0.05, 0.1) is 5.54 Å². The Hall–Kier alpha value is -0.390. The average Bonchev–Trinajstić information content (AvgIpc) is 1.79. The first-order chi connectivity index (χ1) is 5.21. The normalized spacial score (nSPS) is 23.5. The summed E-state index contributed by atoms with van der Waals surface area (Å²) in [5.74, 6) is -4.75. The lowest BCUT2D eigenvalue weighted by Crippen LogP contribution is -2.66. The zero-order chi connectivity index (χ0) is 9.62. The van der Waals surface area contributed by atoms with E-state index in [0.29, 0.717) is 6.42 Å². The molecule has 0 spiro atoms. The predicted octanol–water partition coefficient (Wildman–Crippen LogP) is 2.07. The maximum atomic E-state index is 12.5. The van der Waals surface area contributed by atoms with Crippen LogP contribution >= 0.6 is 0 Å². The van der Waals surface area contributed by atoms with E-state index in [1.165, 1.54) is 0 Å². The molecule has 1 nitrogen and oxygen atoms in total. The summed E-state index contributed by atoms with van der Waals surface area (Å²) >= 11 is 0. The highest BCUT2D eigenvalue weighted by molar-refractivity contribution is 5.06. The highest BCUT2D eigenvalue weighted by atomic mass is 19.4. The largest absolute Gasteiger partial charge is 0.455 e. The zero-order valence-electron chi connectivity index (χ0n) is 6.09. The van der Waals surface area contributed by atoms with E-state index in [2.05, 4.69) is 0 Å². The van der Waals surface area contributed by atoms with Crippen molar-refractivity contribution in [1.82, 2.24) is 0 Å². The van der Waals surface area contributed by atoms with E-state index in [4.69, 9.17) is 5.73 Å². The summed E-state index contributed by atoms with van der Waals surface area (Å²) < 4.78 is 60.2. The van der Waals surface area contributed by atoms with Crippen LogP contribution in [0.2, 0.25) is 0 Å². The molecular formula is C6H8F5N. The molecule has 0 radical (unpaired) electrons. The van der Waals surface area contributed by atoms with Gasteiger partial charge in [-0.3, -0.25) is 0 Å². The van der Waals surface area contributed by atoms with Crippen molar-refractivity contribution < 1.29 is 22.0 Å². The van der Waals surface area contributed by atoms with Crippen LogP contribution < -0.4 is 5.73 Å². The number of hydrogen-bond donors (Lipinski definition) is 1. The molecule has 0 aromatic rings. The van der Waals surface area contributed by atoms with Gasteiger partial charge in [0, 0.05) is 0 Å². The molecule has 1 aliphatic carbocycles. The van der Waals surface area contributed by atoms with Gasteiger partial charge in [-0.1, -0.05) is 0 Å². The third-order valence-corrected chi connectivity index (χ3v) is 2.23. The lowest BCUT2D eigenvalue weighted by atomic mass is 9.72. The fourth-order valence-corrected chi connectivity index (χ4v) is 1.15. The second-order valence-electron chi connectivity index (χ2n) is 3.08. The van der Waals surface area contributed by atoms with Crippen molar-refractivity contribution in [3.8, 4) is 0 Å². The monoisotopic (exact) mass is 189 g/mol. The Balaban J connectivity index is 2.84. The maximum absolute atomic E-state index is 12.5. The molecule has 0 unspecified atom stereocenters. The van der Waals surface area contributed by atoms with Crippen molar-refractivity contribution in [2.24, 2.45) is 5.73 Å². The quantitative estimate of drug-likeness (QED) is 0.628. The number of rotatable bonds is 1. The van der Waals surface area contributed by atoms with Gasteiger partial charge in [-0.15, -0.1) is 0 Å². The molecule has 0 saturated heterocycles. The van der Waals surface area contributed by atoms with Crippen molar-refractivity contribution in [3.63, 3.8) is 0 Å². The summed E-state index contributed by atoms with van der Waals surface area (Å²) in [5, 5.41) is 0. The first kappa shape index (κ1) is 9.70. The van der Waals surface area contributed by atoms with Gasteiger partial charge in [-0.25, -0.2) is 0 Å². The van der Waals surface area contributed by atoms with Crippen molar-refractivity contribution in [2.45, 2.75) is 36.9 Å². The number of nitrogens with two attached hydrogens (primary N) is 1. The van der Waals surface area contributed by atoms with Gasteiger partial charge >= 0.3 is 12.1 Å². The van der Waals surface area contributed by atoms with E-state index >= 15 is 0 Å². The molecule has 0 amide bonds. The van der Waals surface area contributed by atoms with E-state index in [0.717, 1.165) is 0 Å². The molecule has 72 valence electrons. The van der Waals surface area contributed by atoms with Crippen molar-refractivity contribution in [3.05, 3.63) is 0 Å². The SMILES string of the molecule is NC1(C(F)(F)C(F)(F)F)CCC1. The Morgan fingerprint density at radius 2 is 1.42 bits per heavy atom. The van der Waals surface area contributed by atoms with E-state index in [1.807, 2.05) is 0 Å². The highest BCUT2D eigenvalue weighted by Gasteiger charge is 2.70. The summed E-state index contributed by atoms with van der Waals surface area (Å²) in [6.45, 7) is 0. The van der Waals surface area contributed by atoms with E-state index < -0.39 is 17.6 Å². The third-order valence-electron chi connectivity index (χ3n) is 2.23. The lowest BCUT2D eigenvalue weighted by Gasteiger charge is -2.44. The van der Waals surface area contributed by atoms with Crippen LogP contribution in [0.25, 0.3) is 0 Å². The van der Waals surface area contributed by atoms with Crippen LogP contribution in [-0.2, 0) is 0 Å². The highest BCUT2D eigenvalue weighted by Crippen LogP contribution is 2.50. The molecule has 1 rings (SSSR count). The Morgan fingerprint density at radius 1 is 1.00 bits per heavy atom. The lowest BCUT2D eigenvalue weighted by molar-refractivity contribution is -0.316. The predicted molar refractivity (Wildman–Crippen MR) is 31.8 cm³/mol. The second-order valence-corrected chi connectivity index (χ2v) is 3.08. The van der Waals surface area contributed by atoms with Gasteiger partial charge in [0.25, 0.3) is 0 Å². The molecular weight excluding hydrogens is 181 g/mol. The molecule has 0 heterocycles. The molecule has 0 bridgehead atoms. The van der Waals surface area contributed by atoms with Gasteiger partial charge < -0.3 is 5.73 Å². The number of hydrogen-bond acceptors (Lipinski definition) is 1. The third kappa shape index (κ3) is 1.09. The van der Waals surface area contributed by atoms with E-state index in [1.54, 1.807) is 0 Å². The smallest absolute Gasteiger partial charge is 0.320 e. The molecule has 1 saturated carbocycles. The van der Waals surface area contributed by atoms with Crippen LogP contribution in [0.5, 0.6) is 0 Å². The average molecular weight is 189 g/mol. The standard InChI is InChI=1S/C6H8F5N/c7-5(8,6(9,10)11)4(12)2-1-3-4/h1-3,12H2. The number of alkyl halides is 5. The molecule has 0 aliphatic heterocycles. The Kier molecular flexibility index (Phi) is 1.86. The fourth-order valence-electron chi connectivity index (χ4n) is 1.15. The molecule has 2 N–H and O–H groups in total. The summed E-state index contributed by atoms with van der Waals surface area (Å²) in [6.07, 6.45) is -5.72. The molecule has 1 fully saturated rings. The van der Waals surface area contributed by atoms with Crippen LogP contribution in [0, 0.1) is 0 Å². The van der Waals surface area contributed by atoms with Gasteiger partial charge in [-0.05, 0) is 19.3 Å². The second kappa shape index (κ2) is 2.31. The Bertz CT molecular complexity index is 181. The molecule has 0 atom stereocenters. The first-order valence-electron chi connectivity index (χ1n) is 3.44. The van der Waals surface area contributed by atoms with Crippen LogP contribution in [0.3, 0.4) is 0 Å². The van der Waals surface area contributed by atoms with Gasteiger partial charge in [0.15, 0.2) is 0 Å². The first-order valence-corrected chi connectivity index (χ1v) is 3.44. The summed E-state index contributed by atoms with van der Waals surface area (Å²) in [5.41, 5.74) is 2.54. The fraction of sp³-hybridized carbons (Fsp3) is 1.00. The van der Waals surface area contributed by atoms with Crippen LogP contribution in [0.1, 0.15) is 19.3 Å². The molecule has 1 aliphatic rings. The maximum Gasteiger partial charge on any atom is 0.455 e. The van der Waals surface area contributed by atoms with Crippen molar-refractivity contribution in [2.75, 3.05) is 0 Å². The van der Waals surface area contributed by atoms with Gasteiger partial charge in [0.1, 0.15) is 0 Å². The Morgan fingerprint density at radius 3 is 1.50 bits per heavy atom. The summed E-state index contributed by atoms with van der Waals surface area (Å²) in [7, 11) is 0. The van der Waals surface area contributed by atoms with E-state index in [-0.39, 0.29) is 12.8 Å². The molecule has 6 heteroatoms. The minimum atomic E-state index is -5.53. The van der Waals surface area contributed by atoms with Crippen LogP contribution in [0.15, 0.2) is 0 Å². The Labute approximate surface area is 65.7 Å². The minimum absolute atomic E-state index is 0.264. The molecule has 0 aromatic heterocycles. The van der Waals surface area contributed by atoms with Crippen molar-refractivity contribution >= 4 is 0 Å². The van der Waals surface area contributed by atoms with Crippen molar-refractivity contribution in [1.29, 1.82) is 0 Å². The minimum Gasteiger partial charge on any atom is -0.320 e. The number of halogens is 5. The molecule has 0 aromatic carbocycles. The summed E-state index contributed by atoms with van der Waals surface area (Å²) in [6, 6.07) is 0. The van der Waals surface area contributed by atoms with Crippen LogP contribution in [0.4, 0.5) is 22.0 Å². The van der Waals surface area contributed by atoms with Gasteiger partial charge in [-0.2, -0.15) is 22.0 Å². The van der Waals surface area contributed by atoms with Crippen LogP contribution in [-0.4, -0.2) is 17.6 Å². The topological polar surface area (TPSA) is 26.0 Å². The summed E-state index contributed by atoms with van der Waals surface area (Å²) in [4.78, 5) is 0.